The van der Waals surface area contributed by atoms with Crippen molar-refractivity contribution in [3.05, 3.63) is 123 Å². The first kappa shape index (κ1) is 21.4. The molecule has 0 spiro atoms. The second-order valence-electron chi connectivity index (χ2n) is 8.32. The average Bonchev–Trinajstić information content (AvgIpc) is 3.69. The topological polar surface area (TPSA) is 3.24 Å². The predicted octanol–water partition coefficient (Wildman–Crippen LogP) is 9.76. The van der Waals surface area contributed by atoms with Crippen LogP contribution in [0.5, 0.6) is 0 Å². The van der Waals surface area contributed by atoms with Crippen LogP contribution in [0, 0.1) is 0 Å². The number of allylic oxidation sites excluding steroid dienone is 2. The van der Waals surface area contributed by atoms with Gasteiger partial charge in [-0.15, -0.1) is 0 Å². The number of benzene rings is 2. The van der Waals surface area contributed by atoms with Crippen LogP contribution in [0.15, 0.2) is 117 Å². The van der Waals surface area contributed by atoms with Crippen molar-refractivity contribution < 1.29 is 0 Å². The Hall–Kier alpha value is -3.18. The Morgan fingerprint density at radius 2 is 1.06 bits per heavy atom. The summed E-state index contributed by atoms with van der Waals surface area (Å²) in [5.41, 5.74) is 10.1. The van der Waals surface area contributed by atoms with E-state index in [0.717, 1.165) is 6.42 Å². The average molecular weight is 494 g/mol. The summed E-state index contributed by atoms with van der Waals surface area (Å²) in [5, 5.41) is 13.0. The zero-order valence-corrected chi connectivity index (χ0v) is 21.0. The maximum Gasteiger partial charge on any atom is 0.0560 e. The number of anilines is 2. The SMILES string of the molecule is C1=CC(N(c2ccc(-c3ccsc3)cc2)c2ccc(-c3ccsc3)cc2)CC=C1c1ccsc1. The van der Waals surface area contributed by atoms with Gasteiger partial charge in [-0.3, -0.25) is 0 Å². The van der Waals surface area contributed by atoms with E-state index in [9.17, 15) is 0 Å². The molecule has 1 aliphatic rings. The van der Waals surface area contributed by atoms with Gasteiger partial charge in [0.2, 0.25) is 0 Å². The van der Waals surface area contributed by atoms with Gasteiger partial charge in [0.25, 0.3) is 0 Å². The highest BCUT2D eigenvalue weighted by atomic mass is 32.1. The molecule has 1 unspecified atom stereocenters. The predicted molar refractivity (Wildman–Crippen MR) is 151 cm³/mol. The zero-order valence-electron chi connectivity index (χ0n) is 18.5. The van der Waals surface area contributed by atoms with Crippen molar-refractivity contribution in [2.75, 3.05) is 4.90 Å². The second kappa shape index (κ2) is 9.59. The smallest absolute Gasteiger partial charge is 0.0560 e. The van der Waals surface area contributed by atoms with Gasteiger partial charge in [0, 0.05) is 11.4 Å². The van der Waals surface area contributed by atoms with Crippen molar-refractivity contribution in [3.63, 3.8) is 0 Å². The van der Waals surface area contributed by atoms with Gasteiger partial charge in [0.15, 0.2) is 0 Å². The highest BCUT2D eigenvalue weighted by Gasteiger charge is 2.21. The molecule has 0 N–H and O–H groups in total. The molecule has 34 heavy (non-hydrogen) atoms. The fraction of sp³-hybridized carbons (Fsp3) is 0.0667. The zero-order chi connectivity index (χ0) is 22.7. The molecule has 4 heteroatoms. The van der Waals surface area contributed by atoms with Gasteiger partial charge in [0.05, 0.1) is 6.04 Å². The van der Waals surface area contributed by atoms with Gasteiger partial charge in [-0.25, -0.2) is 0 Å². The van der Waals surface area contributed by atoms with Gasteiger partial charge in [-0.2, -0.15) is 34.0 Å². The molecule has 1 atom stereocenters. The highest BCUT2D eigenvalue weighted by Crippen LogP contribution is 2.36. The third-order valence-corrected chi connectivity index (χ3v) is 8.31. The third kappa shape index (κ3) is 4.32. The van der Waals surface area contributed by atoms with Crippen LogP contribution in [-0.4, -0.2) is 6.04 Å². The van der Waals surface area contributed by atoms with Crippen molar-refractivity contribution in [1.29, 1.82) is 0 Å². The van der Waals surface area contributed by atoms with Crippen LogP contribution in [0.3, 0.4) is 0 Å². The van der Waals surface area contributed by atoms with E-state index in [0.29, 0.717) is 0 Å². The minimum Gasteiger partial charge on any atom is -0.334 e. The summed E-state index contributed by atoms with van der Waals surface area (Å²) in [4.78, 5) is 2.46. The molecule has 5 aromatic rings. The first-order valence-corrected chi connectivity index (χ1v) is 14.1. The van der Waals surface area contributed by atoms with E-state index >= 15 is 0 Å². The fourth-order valence-corrected chi connectivity index (χ4v) is 6.46. The molecule has 0 amide bonds. The lowest BCUT2D eigenvalue weighted by atomic mass is 9.96. The Morgan fingerprint density at radius 3 is 1.47 bits per heavy atom. The number of thiophene rings is 3. The molecule has 2 aromatic carbocycles. The van der Waals surface area contributed by atoms with Crippen LogP contribution in [0.25, 0.3) is 27.8 Å². The van der Waals surface area contributed by atoms with E-state index in [1.165, 1.54) is 44.8 Å². The number of nitrogens with zero attached hydrogens (tertiary/aromatic N) is 1. The van der Waals surface area contributed by atoms with Crippen molar-refractivity contribution in [2.24, 2.45) is 0 Å². The Kier molecular flexibility index (Phi) is 6.02. The van der Waals surface area contributed by atoms with Crippen LogP contribution in [0.1, 0.15) is 12.0 Å². The molecule has 0 bridgehead atoms. The molecule has 1 nitrogen and oxygen atoms in total. The van der Waals surface area contributed by atoms with E-state index in [2.05, 4.69) is 122 Å². The molecule has 0 saturated carbocycles. The third-order valence-electron chi connectivity index (χ3n) is 6.26. The molecule has 166 valence electrons. The van der Waals surface area contributed by atoms with Crippen LogP contribution < -0.4 is 4.90 Å². The molecule has 0 aliphatic heterocycles. The van der Waals surface area contributed by atoms with Crippen molar-refractivity contribution in [3.8, 4) is 22.3 Å². The van der Waals surface area contributed by atoms with Crippen LogP contribution in [0.2, 0.25) is 0 Å². The number of hydrogen-bond donors (Lipinski definition) is 0. The minimum absolute atomic E-state index is 0.265. The normalized spacial score (nSPS) is 15.3. The Balaban J connectivity index is 1.34. The van der Waals surface area contributed by atoms with Gasteiger partial charge in [0.1, 0.15) is 0 Å². The highest BCUT2D eigenvalue weighted by molar-refractivity contribution is 7.08. The van der Waals surface area contributed by atoms with Gasteiger partial charge >= 0.3 is 0 Å². The lowest BCUT2D eigenvalue weighted by Gasteiger charge is -2.33. The second-order valence-corrected chi connectivity index (χ2v) is 10.7. The van der Waals surface area contributed by atoms with Gasteiger partial charge in [-0.05, 0) is 115 Å². The maximum absolute atomic E-state index is 2.46. The van der Waals surface area contributed by atoms with Crippen molar-refractivity contribution >= 4 is 51.0 Å². The van der Waals surface area contributed by atoms with E-state index < -0.39 is 0 Å². The molecule has 6 rings (SSSR count). The fourth-order valence-electron chi connectivity index (χ4n) is 4.46. The van der Waals surface area contributed by atoms with E-state index in [1.807, 2.05) is 0 Å². The first-order valence-electron chi connectivity index (χ1n) is 11.3. The van der Waals surface area contributed by atoms with Crippen LogP contribution in [-0.2, 0) is 0 Å². The molecule has 1 aliphatic carbocycles. The molecule has 0 radical (unpaired) electrons. The first-order chi connectivity index (χ1) is 16.8. The summed E-state index contributed by atoms with van der Waals surface area (Å²) in [6.45, 7) is 0. The van der Waals surface area contributed by atoms with E-state index in [-0.39, 0.29) is 6.04 Å². The Labute approximate surface area is 212 Å². The monoisotopic (exact) mass is 493 g/mol. The summed E-state index contributed by atoms with van der Waals surface area (Å²) in [6.07, 6.45) is 7.98. The Morgan fingerprint density at radius 1 is 0.559 bits per heavy atom. The van der Waals surface area contributed by atoms with E-state index in [4.69, 9.17) is 0 Å². The van der Waals surface area contributed by atoms with Gasteiger partial charge < -0.3 is 4.90 Å². The lowest BCUT2D eigenvalue weighted by Crippen LogP contribution is -2.30. The maximum atomic E-state index is 2.46. The van der Waals surface area contributed by atoms with E-state index in [1.54, 1.807) is 34.0 Å². The standard InChI is InChI=1S/C30H23NS3/c1-7-28(8-2-22(1)25-13-16-32-19-25)31(29-9-3-23(4-10-29)26-14-17-33-20-26)30-11-5-24(6-12-30)27-15-18-34-21-27/h1-11,13-21,30H,12H2. The quantitative estimate of drug-likeness (QED) is 0.227. The van der Waals surface area contributed by atoms with Crippen LogP contribution in [0.4, 0.5) is 11.4 Å². The van der Waals surface area contributed by atoms with Crippen LogP contribution >= 0.6 is 34.0 Å². The minimum atomic E-state index is 0.265. The molecule has 3 aromatic heterocycles. The van der Waals surface area contributed by atoms with Gasteiger partial charge in [-0.1, -0.05) is 42.5 Å². The molecular weight excluding hydrogens is 471 g/mol. The number of rotatable bonds is 6. The molecule has 0 saturated heterocycles. The summed E-state index contributed by atoms with van der Waals surface area (Å²) in [5.74, 6) is 0. The lowest BCUT2D eigenvalue weighted by molar-refractivity contribution is 0.787. The summed E-state index contributed by atoms with van der Waals surface area (Å²) >= 11 is 5.23. The summed E-state index contributed by atoms with van der Waals surface area (Å²) < 4.78 is 0. The van der Waals surface area contributed by atoms with Crippen molar-refractivity contribution in [1.82, 2.24) is 0 Å². The summed E-state index contributed by atoms with van der Waals surface area (Å²) in [7, 11) is 0. The largest absolute Gasteiger partial charge is 0.334 e. The Bertz CT molecular complexity index is 1310. The summed E-state index contributed by atoms with van der Waals surface area (Å²) in [6, 6.07) is 24.8. The van der Waals surface area contributed by atoms with Crippen molar-refractivity contribution in [2.45, 2.75) is 12.5 Å². The molecular formula is C30H23NS3. The molecule has 3 heterocycles. The molecule has 0 fully saturated rings. The number of hydrogen-bond acceptors (Lipinski definition) is 4.